The lowest BCUT2D eigenvalue weighted by Gasteiger charge is -2.47. The van der Waals surface area contributed by atoms with Gasteiger partial charge in [0, 0.05) is 7.11 Å². The number of nitrogens with one attached hydrogen (secondary N) is 1. The third-order valence-corrected chi connectivity index (χ3v) is 4.12. The average molecular weight is 247 g/mol. The second-order valence-corrected chi connectivity index (χ2v) is 5.53. The zero-order valence-corrected chi connectivity index (χ0v) is 12.0. The molecule has 1 aliphatic rings. The van der Waals surface area contributed by atoms with Gasteiger partial charge in [0.15, 0.2) is 0 Å². The van der Waals surface area contributed by atoms with E-state index in [4.69, 9.17) is 4.74 Å². The van der Waals surface area contributed by atoms with Crippen LogP contribution >= 0.6 is 0 Å². The van der Waals surface area contributed by atoms with Gasteiger partial charge in [0.1, 0.15) is 0 Å². The van der Waals surface area contributed by atoms with Gasteiger partial charge in [0.2, 0.25) is 0 Å². The highest BCUT2D eigenvalue weighted by Crippen LogP contribution is 2.45. The van der Waals surface area contributed by atoms with Crippen LogP contribution in [0.2, 0.25) is 0 Å². The lowest BCUT2D eigenvalue weighted by molar-refractivity contribution is -0.0995. The zero-order valence-electron chi connectivity index (χ0n) is 12.0. The van der Waals surface area contributed by atoms with Crippen LogP contribution in [-0.4, -0.2) is 19.3 Å². The molecule has 1 fully saturated rings. The summed E-state index contributed by atoms with van der Waals surface area (Å²) < 4.78 is 5.86. The molecular formula is C16H25NO. The summed E-state index contributed by atoms with van der Waals surface area (Å²) in [6.45, 7) is 7.47. The maximum Gasteiger partial charge on any atom is 0.0872 e. The number of rotatable bonds is 5. The predicted octanol–water partition coefficient (Wildman–Crippen LogP) is 3.52. The van der Waals surface area contributed by atoms with Gasteiger partial charge in [-0.15, -0.1) is 0 Å². The van der Waals surface area contributed by atoms with E-state index in [9.17, 15) is 0 Å². The van der Waals surface area contributed by atoms with E-state index in [-0.39, 0.29) is 5.60 Å². The van der Waals surface area contributed by atoms with Crippen LogP contribution in [0, 0.1) is 13.8 Å². The second-order valence-electron chi connectivity index (χ2n) is 5.53. The molecule has 1 aromatic carbocycles. The highest BCUT2D eigenvalue weighted by Gasteiger charge is 2.44. The molecule has 18 heavy (non-hydrogen) atoms. The molecule has 2 rings (SSSR count). The van der Waals surface area contributed by atoms with Gasteiger partial charge in [-0.1, -0.05) is 36.2 Å². The van der Waals surface area contributed by atoms with Gasteiger partial charge in [-0.05, 0) is 45.2 Å². The first kappa shape index (κ1) is 13.6. The van der Waals surface area contributed by atoms with Crippen molar-refractivity contribution < 1.29 is 4.74 Å². The minimum atomic E-state index is 0.0102. The fourth-order valence-corrected chi connectivity index (χ4v) is 3.12. The zero-order chi connectivity index (χ0) is 13.2. The molecule has 0 aromatic heterocycles. The Balaban J connectivity index is 2.34. The highest BCUT2D eigenvalue weighted by molar-refractivity contribution is 5.33. The Kier molecular flexibility index (Phi) is 4.08. The Labute approximate surface area is 111 Å². The van der Waals surface area contributed by atoms with Gasteiger partial charge in [-0.2, -0.15) is 0 Å². The summed E-state index contributed by atoms with van der Waals surface area (Å²) in [7, 11) is 1.85. The van der Waals surface area contributed by atoms with Crippen molar-refractivity contribution in [3.8, 4) is 0 Å². The van der Waals surface area contributed by atoms with E-state index in [2.05, 4.69) is 44.3 Å². The molecule has 2 heteroatoms. The van der Waals surface area contributed by atoms with Crippen molar-refractivity contribution in [2.75, 3.05) is 13.7 Å². The maximum absolute atomic E-state index is 5.86. The Bertz CT molecular complexity index is 384. The molecule has 1 unspecified atom stereocenters. The first-order valence-electron chi connectivity index (χ1n) is 6.98. The summed E-state index contributed by atoms with van der Waals surface area (Å²) in [5.74, 6) is 0. The summed E-state index contributed by atoms with van der Waals surface area (Å²) in [4.78, 5) is 0. The first-order valence-corrected chi connectivity index (χ1v) is 6.98. The van der Waals surface area contributed by atoms with Gasteiger partial charge in [-0.3, -0.25) is 0 Å². The molecule has 0 radical (unpaired) electrons. The SMILES string of the molecule is CCNC(c1cc(C)cc(C)c1)C1(OC)CCC1. The van der Waals surface area contributed by atoms with Crippen molar-refractivity contribution in [3.63, 3.8) is 0 Å². The molecule has 2 nitrogen and oxygen atoms in total. The molecule has 0 bridgehead atoms. The van der Waals surface area contributed by atoms with Gasteiger partial charge in [0.05, 0.1) is 11.6 Å². The van der Waals surface area contributed by atoms with Crippen LogP contribution in [0.1, 0.15) is 48.9 Å². The Morgan fingerprint density at radius 1 is 1.22 bits per heavy atom. The number of aryl methyl sites for hydroxylation is 2. The third kappa shape index (κ3) is 2.45. The topological polar surface area (TPSA) is 21.3 Å². The van der Waals surface area contributed by atoms with Crippen molar-refractivity contribution in [1.29, 1.82) is 0 Å². The largest absolute Gasteiger partial charge is 0.376 e. The highest BCUT2D eigenvalue weighted by atomic mass is 16.5. The summed E-state index contributed by atoms with van der Waals surface area (Å²) >= 11 is 0. The molecule has 1 aliphatic carbocycles. The normalized spacial score (nSPS) is 19.3. The Morgan fingerprint density at radius 2 is 1.83 bits per heavy atom. The van der Waals surface area contributed by atoms with Gasteiger partial charge in [-0.25, -0.2) is 0 Å². The summed E-state index contributed by atoms with van der Waals surface area (Å²) in [6, 6.07) is 7.13. The average Bonchev–Trinajstić information content (AvgIpc) is 2.25. The van der Waals surface area contributed by atoms with Crippen LogP contribution in [0.3, 0.4) is 0 Å². The summed E-state index contributed by atoms with van der Waals surface area (Å²) in [6.07, 6.45) is 3.60. The van der Waals surface area contributed by atoms with E-state index in [0.717, 1.165) is 19.4 Å². The van der Waals surface area contributed by atoms with E-state index in [1.165, 1.54) is 23.1 Å². The van der Waals surface area contributed by atoms with Crippen molar-refractivity contribution in [1.82, 2.24) is 5.32 Å². The van der Waals surface area contributed by atoms with E-state index >= 15 is 0 Å². The van der Waals surface area contributed by atoms with Crippen LogP contribution < -0.4 is 5.32 Å². The van der Waals surface area contributed by atoms with Crippen molar-refractivity contribution in [3.05, 3.63) is 34.9 Å². The number of hydrogen-bond donors (Lipinski definition) is 1. The van der Waals surface area contributed by atoms with Crippen LogP contribution in [0.15, 0.2) is 18.2 Å². The van der Waals surface area contributed by atoms with Crippen LogP contribution in [0.4, 0.5) is 0 Å². The number of benzene rings is 1. The smallest absolute Gasteiger partial charge is 0.0872 e. The van der Waals surface area contributed by atoms with E-state index < -0.39 is 0 Å². The minimum absolute atomic E-state index is 0.0102. The van der Waals surface area contributed by atoms with Crippen LogP contribution in [-0.2, 0) is 4.74 Å². The van der Waals surface area contributed by atoms with Gasteiger partial charge < -0.3 is 10.1 Å². The molecule has 100 valence electrons. The molecule has 0 saturated heterocycles. The molecule has 1 N–H and O–H groups in total. The molecule has 0 heterocycles. The van der Waals surface area contributed by atoms with E-state index in [1.807, 2.05) is 7.11 Å². The standard InChI is InChI=1S/C16H25NO/c1-5-17-15(16(18-4)7-6-8-16)14-10-12(2)9-13(3)11-14/h9-11,15,17H,5-8H2,1-4H3. The minimum Gasteiger partial charge on any atom is -0.376 e. The van der Waals surface area contributed by atoms with Gasteiger partial charge in [0.25, 0.3) is 0 Å². The van der Waals surface area contributed by atoms with E-state index in [0.29, 0.717) is 6.04 Å². The van der Waals surface area contributed by atoms with E-state index in [1.54, 1.807) is 0 Å². The first-order chi connectivity index (χ1) is 8.61. The Morgan fingerprint density at radius 3 is 2.22 bits per heavy atom. The number of likely N-dealkylation sites (N-methyl/N-ethyl adjacent to an activating group) is 1. The Hall–Kier alpha value is -0.860. The fourth-order valence-electron chi connectivity index (χ4n) is 3.12. The predicted molar refractivity (Wildman–Crippen MR) is 75.9 cm³/mol. The summed E-state index contributed by atoms with van der Waals surface area (Å²) in [5.41, 5.74) is 4.05. The van der Waals surface area contributed by atoms with Gasteiger partial charge >= 0.3 is 0 Å². The van der Waals surface area contributed by atoms with Crippen LogP contribution in [0.25, 0.3) is 0 Å². The number of methoxy groups -OCH3 is 1. The van der Waals surface area contributed by atoms with Crippen molar-refractivity contribution in [2.45, 2.75) is 51.7 Å². The summed E-state index contributed by atoms with van der Waals surface area (Å²) in [5, 5.41) is 3.62. The monoisotopic (exact) mass is 247 g/mol. The molecule has 0 spiro atoms. The maximum atomic E-state index is 5.86. The quantitative estimate of drug-likeness (QED) is 0.859. The number of ether oxygens (including phenoxy) is 1. The molecule has 1 atom stereocenters. The third-order valence-electron chi connectivity index (χ3n) is 4.12. The molecule has 1 saturated carbocycles. The van der Waals surface area contributed by atoms with Crippen molar-refractivity contribution in [2.24, 2.45) is 0 Å². The van der Waals surface area contributed by atoms with Crippen LogP contribution in [0.5, 0.6) is 0 Å². The second kappa shape index (κ2) is 5.41. The molecule has 0 amide bonds. The fraction of sp³-hybridized carbons (Fsp3) is 0.625. The number of hydrogen-bond acceptors (Lipinski definition) is 2. The van der Waals surface area contributed by atoms with Crippen molar-refractivity contribution >= 4 is 0 Å². The molecule has 0 aliphatic heterocycles. The molecular weight excluding hydrogens is 222 g/mol. The lowest BCUT2D eigenvalue weighted by atomic mass is 9.72. The molecule has 1 aromatic rings. The lowest BCUT2D eigenvalue weighted by Crippen LogP contribution is -2.50.